The number of rotatable bonds is 8. The second-order valence-corrected chi connectivity index (χ2v) is 7.87. The number of carbonyl (C=O) groups is 1. The molecule has 0 aliphatic heterocycles. The van der Waals surface area contributed by atoms with Gasteiger partial charge < -0.3 is 10.1 Å². The number of ether oxygens (including phenoxy) is 1. The number of carbonyl (C=O) groups excluding carboxylic acids is 1. The van der Waals surface area contributed by atoms with Crippen LogP contribution in [-0.4, -0.2) is 27.0 Å². The van der Waals surface area contributed by atoms with Crippen LogP contribution in [0.2, 0.25) is 5.02 Å². The van der Waals surface area contributed by atoms with Crippen molar-refractivity contribution in [3.63, 3.8) is 0 Å². The van der Waals surface area contributed by atoms with Crippen LogP contribution in [0.5, 0.6) is 5.75 Å². The van der Waals surface area contributed by atoms with Crippen molar-refractivity contribution in [2.45, 2.75) is 31.2 Å². The molecule has 0 fully saturated rings. The van der Waals surface area contributed by atoms with Crippen LogP contribution in [-0.2, 0) is 14.8 Å². The number of amides is 1. The van der Waals surface area contributed by atoms with Gasteiger partial charge in [-0.25, -0.2) is 8.42 Å². The molecule has 0 heterocycles. The molecule has 2 N–H and O–H groups in total. The zero-order valence-corrected chi connectivity index (χ0v) is 16.1. The lowest BCUT2D eigenvalue weighted by molar-refractivity contribution is -0.123. The molecule has 0 unspecified atom stereocenters. The summed E-state index contributed by atoms with van der Waals surface area (Å²) in [6.45, 7) is 3.76. The van der Waals surface area contributed by atoms with Crippen LogP contribution in [0.25, 0.3) is 0 Å². The van der Waals surface area contributed by atoms with Crippen LogP contribution in [0.3, 0.4) is 0 Å². The highest BCUT2D eigenvalue weighted by molar-refractivity contribution is 7.92. The van der Waals surface area contributed by atoms with E-state index in [0.717, 1.165) is 6.42 Å². The highest BCUT2D eigenvalue weighted by Crippen LogP contribution is 2.20. The van der Waals surface area contributed by atoms with Gasteiger partial charge in [0.25, 0.3) is 15.9 Å². The molecule has 8 heteroatoms. The molecule has 140 valence electrons. The van der Waals surface area contributed by atoms with Gasteiger partial charge in [-0.15, -0.1) is 0 Å². The third-order valence-corrected chi connectivity index (χ3v) is 5.27. The minimum atomic E-state index is -3.72. The van der Waals surface area contributed by atoms with Gasteiger partial charge in [-0.2, -0.15) is 0 Å². The second kappa shape index (κ2) is 8.91. The summed E-state index contributed by atoms with van der Waals surface area (Å²) in [4.78, 5) is 11.8. The number of nitrogens with one attached hydrogen (secondary N) is 2. The van der Waals surface area contributed by atoms with Crippen molar-refractivity contribution < 1.29 is 17.9 Å². The predicted octanol–water partition coefficient (Wildman–Crippen LogP) is 3.43. The average molecular weight is 397 g/mol. The van der Waals surface area contributed by atoms with Gasteiger partial charge in [-0.1, -0.05) is 18.5 Å². The molecule has 0 aliphatic rings. The standard InChI is InChI=1S/C18H21ClN2O4S/c1-3-13(2)20-18(22)12-25-16-8-10-17(11-9-16)26(23,24)21-15-6-4-14(19)5-7-15/h4-11,13,21H,3,12H2,1-2H3,(H,20,22)/t13-/m1/s1. The first kappa shape index (κ1) is 20.1. The van der Waals surface area contributed by atoms with Crippen LogP contribution in [0.4, 0.5) is 5.69 Å². The molecule has 1 atom stereocenters. The van der Waals surface area contributed by atoms with Gasteiger partial charge in [0.15, 0.2) is 6.61 Å². The third-order valence-electron chi connectivity index (χ3n) is 3.62. The Labute approximate surface area is 158 Å². The Morgan fingerprint density at radius 1 is 1.12 bits per heavy atom. The summed E-state index contributed by atoms with van der Waals surface area (Å²) in [6, 6.07) is 12.3. The number of sulfonamides is 1. The molecule has 1 amide bonds. The topological polar surface area (TPSA) is 84.5 Å². The molecule has 0 saturated heterocycles. The van der Waals surface area contributed by atoms with Crippen LogP contribution < -0.4 is 14.8 Å². The fourth-order valence-electron chi connectivity index (χ4n) is 2.01. The van der Waals surface area contributed by atoms with Crippen molar-refractivity contribution in [1.29, 1.82) is 0 Å². The molecule has 2 aromatic rings. The molecule has 0 radical (unpaired) electrons. The molecule has 2 aromatic carbocycles. The van der Waals surface area contributed by atoms with E-state index in [1.54, 1.807) is 24.3 Å². The van der Waals surface area contributed by atoms with Crippen LogP contribution in [0.15, 0.2) is 53.4 Å². The summed E-state index contributed by atoms with van der Waals surface area (Å²) >= 11 is 5.79. The largest absolute Gasteiger partial charge is 0.484 e. The van der Waals surface area contributed by atoms with Crippen molar-refractivity contribution in [3.8, 4) is 5.75 Å². The summed E-state index contributed by atoms with van der Waals surface area (Å²) in [7, 11) is -3.72. The van der Waals surface area contributed by atoms with E-state index in [-0.39, 0.29) is 23.5 Å². The van der Waals surface area contributed by atoms with Gasteiger partial charge in [0.2, 0.25) is 0 Å². The Balaban J connectivity index is 1.97. The van der Waals surface area contributed by atoms with Gasteiger partial charge >= 0.3 is 0 Å². The maximum absolute atomic E-state index is 12.4. The van der Waals surface area contributed by atoms with Crippen LogP contribution in [0, 0.1) is 0 Å². The molecular formula is C18H21ClN2O4S. The van der Waals surface area contributed by atoms with Gasteiger partial charge in [0, 0.05) is 16.8 Å². The Morgan fingerprint density at radius 2 is 1.73 bits per heavy atom. The summed E-state index contributed by atoms with van der Waals surface area (Å²) in [5.74, 6) is 0.190. The van der Waals surface area contributed by atoms with Crippen molar-refractivity contribution in [3.05, 3.63) is 53.6 Å². The molecule has 0 aromatic heterocycles. The SMILES string of the molecule is CC[C@@H](C)NC(=O)COc1ccc(S(=O)(=O)Nc2ccc(Cl)cc2)cc1. The summed E-state index contributed by atoms with van der Waals surface area (Å²) in [6.07, 6.45) is 0.832. The number of anilines is 1. The van der Waals surface area contributed by atoms with E-state index in [0.29, 0.717) is 16.5 Å². The molecular weight excluding hydrogens is 376 g/mol. The Morgan fingerprint density at radius 3 is 2.31 bits per heavy atom. The minimum Gasteiger partial charge on any atom is -0.484 e. The summed E-state index contributed by atoms with van der Waals surface area (Å²) in [5.41, 5.74) is 0.413. The van der Waals surface area contributed by atoms with Gasteiger partial charge in [-0.3, -0.25) is 9.52 Å². The molecule has 0 spiro atoms. The number of hydrogen-bond donors (Lipinski definition) is 2. The summed E-state index contributed by atoms with van der Waals surface area (Å²) in [5, 5.41) is 3.31. The fraction of sp³-hybridized carbons (Fsp3) is 0.278. The first-order valence-electron chi connectivity index (χ1n) is 8.11. The lowest BCUT2D eigenvalue weighted by Gasteiger charge is -2.12. The van der Waals surface area contributed by atoms with E-state index in [1.165, 1.54) is 24.3 Å². The maximum Gasteiger partial charge on any atom is 0.261 e. The molecule has 0 bridgehead atoms. The lowest BCUT2D eigenvalue weighted by atomic mass is 10.2. The van der Waals surface area contributed by atoms with Crippen LogP contribution in [0.1, 0.15) is 20.3 Å². The fourth-order valence-corrected chi connectivity index (χ4v) is 3.20. The smallest absolute Gasteiger partial charge is 0.261 e. The monoisotopic (exact) mass is 396 g/mol. The zero-order valence-electron chi connectivity index (χ0n) is 14.5. The van der Waals surface area contributed by atoms with Gasteiger partial charge in [0.05, 0.1) is 4.90 Å². The number of halogens is 1. The minimum absolute atomic E-state index is 0.0811. The lowest BCUT2D eigenvalue weighted by Crippen LogP contribution is -2.35. The molecule has 6 nitrogen and oxygen atoms in total. The van der Waals surface area contributed by atoms with Gasteiger partial charge in [0.1, 0.15) is 5.75 Å². The first-order chi connectivity index (χ1) is 12.3. The van der Waals surface area contributed by atoms with E-state index >= 15 is 0 Å². The van der Waals surface area contributed by atoms with Crippen molar-refractivity contribution in [2.24, 2.45) is 0 Å². The highest BCUT2D eigenvalue weighted by atomic mass is 35.5. The molecule has 26 heavy (non-hydrogen) atoms. The number of hydrogen-bond acceptors (Lipinski definition) is 4. The molecule has 0 aliphatic carbocycles. The van der Waals surface area contributed by atoms with E-state index < -0.39 is 10.0 Å². The zero-order chi connectivity index (χ0) is 19.2. The maximum atomic E-state index is 12.4. The quantitative estimate of drug-likeness (QED) is 0.715. The van der Waals surface area contributed by atoms with E-state index in [4.69, 9.17) is 16.3 Å². The van der Waals surface area contributed by atoms with E-state index in [2.05, 4.69) is 10.0 Å². The van der Waals surface area contributed by atoms with E-state index in [9.17, 15) is 13.2 Å². The van der Waals surface area contributed by atoms with Crippen molar-refractivity contribution in [1.82, 2.24) is 5.32 Å². The first-order valence-corrected chi connectivity index (χ1v) is 9.97. The Kier molecular flexibility index (Phi) is 6.88. The summed E-state index contributed by atoms with van der Waals surface area (Å²) < 4.78 is 32.6. The highest BCUT2D eigenvalue weighted by Gasteiger charge is 2.14. The average Bonchev–Trinajstić information content (AvgIpc) is 2.62. The Hall–Kier alpha value is -2.25. The predicted molar refractivity (Wildman–Crippen MR) is 102 cm³/mol. The Bertz CT molecular complexity index is 836. The molecule has 2 rings (SSSR count). The van der Waals surface area contributed by atoms with Crippen molar-refractivity contribution in [2.75, 3.05) is 11.3 Å². The second-order valence-electron chi connectivity index (χ2n) is 5.75. The van der Waals surface area contributed by atoms with E-state index in [1.807, 2.05) is 13.8 Å². The van der Waals surface area contributed by atoms with Crippen molar-refractivity contribution >= 4 is 33.2 Å². The third kappa shape index (κ3) is 5.93. The number of benzene rings is 2. The van der Waals surface area contributed by atoms with Crippen LogP contribution >= 0.6 is 11.6 Å². The van der Waals surface area contributed by atoms with Gasteiger partial charge in [-0.05, 0) is 61.9 Å². The normalized spacial score (nSPS) is 12.3. The molecule has 0 saturated carbocycles.